The molecule has 0 bridgehead atoms. The van der Waals surface area contributed by atoms with E-state index < -0.39 is 4.92 Å². The highest BCUT2D eigenvalue weighted by atomic mass is 16.6. The topological polar surface area (TPSA) is 99.1 Å². The third-order valence-corrected chi connectivity index (χ3v) is 2.67. The molecule has 0 amide bonds. The molecule has 1 aromatic heterocycles. The van der Waals surface area contributed by atoms with Gasteiger partial charge in [0, 0.05) is 24.9 Å². The lowest BCUT2D eigenvalue weighted by atomic mass is 10.2. The summed E-state index contributed by atoms with van der Waals surface area (Å²) >= 11 is 0. The van der Waals surface area contributed by atoms with Crippen LogP contribution in [-0.4, -0.2) is 31.3 Å². The van der Waals surface area contributed by atoms with Crippen molar-refractivity contribution in [3.05, 3.63) is 39.9 Å². The molecule has 8 heteroatoms. The first kappa shape index (κ1) is 13.8. The molecule has 0 fully saturated rings. The molecule has 2 rings (SSSR count). The molecule has 0 atom stereocenters. The zero-order valence-corrected chi connectivity index (χ0v) is 11.0. The normalized spacial score (nSPS) is 11.1. The average Bonchev–Trinajstić information content (AvgIpc) is 2.90. The monoisotopic (exact) mass is 274 g/mol. The zero-order chi connectivity index (χ0) is 14.4. The third-order valence-electron chi connectivity index (χ3n) is 2.67. The summed E-state index contributed by atoms with van der Waals surface area (Å²) in [4.78, 5) is 14.3. The highest BCUT2D eigenvalue weighted by Gasteiger charge is 2.04. The molecule has 0 unspecified atom stereocenters. The van der Waals surface area contributed by atoms with Crippen LogP contribution >= 0.6 is 0 Å². The van der Waals surface area contributed by atoms with E-state index in [1.54, 1.807) is 23.0 Å². The highest BCUT2D eigenvalue weighted by Crippen LogP contribution is 2.12. The summed E-state index contributed by atoms with van der Waals surface area (Å²) in [6, 6.07) is 6.12. The smallest absolute Gasteiger partial charge is 0.258 e. The molecule has 0 radical (unpaired) electrons. The number of rotatable bonds is 6. The summed E-state index contributed by atoms with van der Waals surface area (Å²) in [6.45, 7) is 2.81. The first-order chi connectivity index (χ1) is 9.70. The van der Waals surface area contributed by atoms with Gasteiger partial charge >= 0.3 is 0 Å². The number of unbranched alkanes of at least 4 members (excludes halogenated alkanes) is 1. The largest absolute Gasteiger partial charge is 0.269 e. The van der Waals surface area contributed by atoms with Crippen molar-refractivity contribution in [2.24, 2.45) is 4.99 Å². The molecule has 0 N–H and O–H groups in total. The molecule has 1 aromatic carbocycles. The van der Waals surface area contributed by atoms with Gasteiger partial charge in [-0.3, -0.25) is 10.1 Å². The summed E-state index contributed by atoms with van der Waals surface area (Å²) in [5, 5.41) is 21.8. The van der Waals surface area contributed by atoms with Crippen molar-refractivity contribution in [1.29, 1.82) is 0 Å². The summed E-state index contributed by atoms with van der Waals surface area (Å²) in [5.41, 5.74) is 0.801. The van der Waals surface area contributed by atoms with E-state index in [4.69, 9.17) is 0 Å². The Balaban J connectivity index is 2.09. The number of hydrogen-bond donors (Lipinski definition) is 0. The van der Waals surface area contributed by atoms with Crippen LogP contribution in [0, 0.1) is 10.1 Å². The predicted octanol–water partition coefficient (Wildman–Crippen LogP) is 2.13. The summed E-state index contributed by atoms with van der Waals surface area (Å²) < 4.78 is 1.63. The maximum Gasteiger partial charge on any atom is 0.269 e. The molecule has 0 aliphatic rings. The van der Waals surface area contributed by atoms with Crippen molar-refractivity contribution >= 4 is 17.9 Å². The standard InChI is InChI=1S/C12H14N6O2/c1-2-3-8-17-12(14-15-16-17)13-9-10-4-6-11(7-5-10)18(19)20/h4-7,9H,2-3,8H2,1H3/b13-9+. The predicted molar refractivity (Wildman–Crippen MR) is 73.1 cm³/mol. The van der Waals surface area contributed by atoms with Gasteiger partial charge in [0.25, 0.3) is 11.6 Å². The van der Waals surface area contributed by atoms with Crippen LogP contribution < -0.4 is 0 Å². The number of nitro benzene ring substituents is 1. The van der Waals surface area contributed by atoms with E-state index in [0.29, 0.717) is 5.95 Å². The van der Waals surface area contributed by atoms with Gasteiger partial charge in [0.15, 0.2) is 0 Å². The molecule has 8 nitrogen and oxygen atoms in total. The van der Waals surface area contributed by atoms with Gasteiger partial charge in [-0.15, -0.1) is 0 Å². The first-order valence-electron chi connectivity index (χ1n) is 6.25. The molecule has 104 valence electrons. The fourth-order valence-electron chi connectivity index (χ4n) is 1.56. The fourth-order valence-corrected chi connectivity index (χ4v) is 1.56. The van der Waals surface area contributed by atoms with Crippen molar-refractivity contribution in [3.8, 4) is 0 Å². The van der Waals surface area contributed by atoms with E-state index in [0.717, 1.165) is 24.9 Å². The Morgan fingerprint density at radius 3 is 2.80 bits per heavy atom. The minimum atomic E-state index is -0.438. The van der Waals surface area contributed by atoms with Crippen molar-refractivity contribution in [1.82, 2.24) is 20.2 Å². The SMILES string of the molecule is CCCCn1nnnc1/N=C/c1ccc([N+](=O)[O-])cc1. The second-order valence-electron chi connectivity index (χ2n) is 4.16. The summed E-state index contributed by atoms with van der Waals surface area (Å²) in [5.74, 6) is 0.428. The van der Waals surface area contributed by atoms with Gasteiger partial charge in [-0.2, -0.15) is 0 Å². The molecule has 0 aliphatic carbocycles. The number of nitro groups is 1. The Kier molecular flexibility index (Phi) is 4.48. The third kappa shape index (κ3) is 3.44. The van der Waals surface area contributed by atoms with Gasteiger partial charge in [-0.1, -0.05) is 18.4 Å². The summed E-state index contributed by atoms with van der Waals surface area (Å²) in [6.07, 6.45) is 3.61. The van der Waals surface area contributed by atoms with Crippen LogP contribution in [0.5, 0.6) is 0 Å². The van der Waals surface area contributed by atoms with Crippen LogP contribution in [0.1, 0.15) is 25.3 Å². The minimum absolute atomic E-state index is 0.0509. The van der Waals surface area contributed by atoms with Crippen molar-refractivity contribution in [2.75, 3.05) is 0 Å². The number of non-ortho nitro benzene ring substituents is 1. The van der Waals surface area contributed by atoms with Crippen LogP contribution in [-0.2, 0) is 6.54 Å². The van der Waals surface area contributed by atoms with E-state index in [9.17, 15) is 10.1 Å². The number of aryl methyl sites for hydroxylation is 1. The van der Waals surface area contributed by atoms with E-state index in [-0.39, 0.29) is 5.69 Å². The van der Waals surface area contributed by atoms with Crippen LogP contribution in [0.3, 0.4) is 0 Å². The molecule has 20 heavy (non-hydrogen) atoms. The molecule has 0 spiro atoms. The molecule has 2 aromatic rings. The van der Waals surface area contributed by atoms with Gasteiger partial charge in [0.1, 0.15) is 0 Å². The van der Waals surface area contributed by atoms with Crippen molar-refractivity contribution in [2.45, 2.75) is 26.3 Å². The number of benzene rings is 1. The maximum absolute atomic E-state index is 10.5. The Morgan fingerprint density at radius 1 is 1.40 bits per heavy atom. The number of aromatic nitrogens is 4. The zero-order valence-electron chi connectivity index (χ0n) is 11.0. The minimum Gasteiger partial charge on any atom is -0.258 e. The molecule has 0 saturated heterocycles. The van der Waals surface area contributed by atoms with Gasteiger partial charge in [0.2, 0.25) is 0 Å². The van der Waals surface area contributed by atoms with Gasteiger partial charge < -0.3 is 0 Å². The van der Waals surface area contributed by atoms with Gasteiger partial charge in [0.05, 0.1) is 4.92 Å². The highest BCUT2D eigenvalue weighted by molar-refractivity contribution is 5.81. The second-order valence-corrected chi connectivity index (χ2v) is 4.16. The lowest BCUT2D eigenvalue weighted by Crippen LogP contribution is -1.99. The Hall–Kier alpha value is -2.64. The van der Waals surface area contributed by atoms with Gasteiger partial charge in [-0.05, 0) is 34.5 Å². The lowest BCUT2D eigenvalue weighted by Gasteiger charge is -1.98. The lowest BCUT2D eigenvalue weighted by molar-refractivity contribution is -0.384. The van der Waals surface area contributed by atoms with E-state index in [1.807, 2.05) is 0 Å². The molecule has 1 heterocycles. The number of tetrazole rings is 1. The second kappa shape index (κ2) is 6.50. The molecule has 0 aliphatic heterocycles. The molecule has 0 saturated carbocycles. The van der Waals surface area contributed by atoms with Crippen molar-refractivity contribution < 1.29 is 4.92 Å². The van der Waals surface area contributed by atoms with Gasteiger partial charge in [-0.25, -0.2) is 9.67 Å². The Bertz CT molecular complexity index is 605. The number of hydrogen-bond acceptors (Lipinski definition) is 6. The molecular formula is C12H14N6O2. The van der Waals surface area contributed by atoms with E-state index >= 15 is 0 Å². The number of nitrogens with zero attached hydrogens (tertiary/aromatic N) is 6. The fraction of sp³-hybridized carbons (Fsp3) is 0.333. The van der Waals surface area contributed by atoms with E-state index in [2.05, 4.69) is 27.4 Å². The first-order valence-corrected chi connectivity index (χ1v) is 6.25. The van der Waals surface area contributed by atoms with E-state index in [1.165, 1.54) is 12.1 Å². The quantitative estimate of drug-likeness (QED) is 0.456. The van der Waals surface area contributed by atoms with Crippen molar-refractivity contribution in [3.63, 3.8) is 0 Å². The Morgan fingerprint density at radius 2 is 2.15 bits per heavy atom. The molecular weight excluding hydrogens is 260 g/mol. The van der Waals surface area contributed by atoms with Crippen LogP contribution in [0.15, 0.2) is 29.3 Å². The van der Waals surface area contributed by atoms with Crippen LogP contribution in [0.4, 0.5) is 11.6 Å². The van der Waals surface area contributed by atoms with Crippen LogP contribution in [0.2, 0.25) is 0 Å². The average molecular weight is 274 g/mol. The van der Waals surface area contributed by atoms with Crippen LogP contribution in [0.25, 0.3) is 0 Å². The Labute approximate surface area is 115 Å². The number of aliphatic imine (C=N–C) groups is 1. The maximum atomic E-state index is 10.5. The summed E-state index contributed by atoms with van der Waals surface area (Å²) in [7, 11) is 0.